The van der Waals surface area contributed by atoms with Crippen LogP contribution in [0.3, 0.4) is 0 Å². The summed E-state index contributed by atoms with van der Waals surface area (Å²) in [6.07, 6.45) is 2.62. The number of rotatable bonds is 5. The minimum absolute atomic E-state index is 0.523. The second-order valence-corrected chi connectivity index (χ2v) is 7.72. The first-order chi connectivity index (χ1) is 10.9. The monoisotopic (exact) mass is 373 g/mol. The molecule has 1 aliphatic rings. The fraction of sp³-hybridized carbons (Fsp3) is 0.474. The molecule has 1 heterocycles. The maximum absolute atomic E-state index is 4.68. The van der Waals surface area contributed by atoms with E-state index in [1.165, 1.54) is 18.4 Å². The van der Waals surface area contributed by atoms with Crippen LogP contribution in [0.15, 0.2) is 28.7 Å². The van der Waals surface area contributed by atoms with Crippen LogP contribution in [0.5, 0.6) is 0 Å². The molecule has 4 heteroatoms. The Balaban J connectivity index is 2.01. The molecule has 0 amide bonds. The van der Waals surface area contributed by atoms with Crippen molar-refractivity contribution in [2.24, 2.45) is 5.92 Å². The number of hydrogen-bond donors (Lipinski definition) is 0. The van der Waals surface area contributed by atoms with Gasteiger partial charge in [-0.2, -0.15) is 0 Å². The van der Waals surface area contributed by atoms with Gasteiger partial charge in [0.2, 0.25) is 5.95 Å². The van der Waals surface area contributed by atoms with Gasteiger partial charge in [-0.25, -0.2) is 9.97 Å². The van der Waals surface area contributed by atoms with E-state index in [0.29, 0.717) is 5.92 Å². The van der Waals surface area contributed by atoms with Gasteiger partial charge in [-0.3, -0.25) is 0 Å². The molecular weight excluding hydrogens is 350 g/mol. The van der Waals surface area contributed by atoms with E-state index in [0.717, 1.165) is 40.0 Å². The largest absolute Gasteiger partial charge is 0.309 e. The Morgan fingerprint density at radius 3 is 2.30 bits per heavy atom. The van der Waals surface area contributed by atoms with Crippen molar-refractivity contribution in [1.82, 2.24) is 9.97 Å². The Hall–Kier alpha value is -1.42. The van der Waals surface area contributed by atoms with Gasteiger partial charge in [0.1, 0.15) is 0 Å². The lowest BCUT2D eigenvalue weighted by Gasteiger charge is -2.25. The Morgan fingerprint density at radius 1 is 1.13 bits per heavy atom. The van der Waals surface area contributed by atoms with Crippen molar-refractivity contribution in [1.29, 1.82) is 0 Å². The molecule has 0 radical (unpaired) electrons. The Bertz CT molecular complexity index is 688. The first-order valence-electron chi connectivity index (χ1n) is 8.33. The van der Waals surface area contributed by atoms with Crippen molar-refractivity contribution < 1.29 is 0 Å². The van der Waals surface area contributed by atoms with E-state index in [-0.39, 0.29) is 0 Å². The first kappa shape index (κ1) is 16.4. The van der Waals surface area contributed by atoms with Gasteiger partial charge in [-0.15, -0.1) is 0 Å². The molecular formula is C19H24BrN3. The third-order valence-electron chi connectivity index (χ3n) is 4.28. The summed E-state index contributed by atoms with van der Waals surface area (Å²) in [5.74, 6) is 2.10. The third kappa shape index (κ3) is 3.92. The zero-order valence-corrected chi connectivity index (χ0v) is 15.9. The lowest BCUT2D eigenvalue weighted by molar-refractivity contribution is 0.784. The van der Waals surface area contributed by atoms with E-state index in [1.807, 2.05) is 19.9 Å². The second-order valence-electron chi connectivity index (χ2n) is 6.87. The third-order valence-corrected chi connectivity index (χ3v) is 4.91. The summed E-state index contributed by atoms with van der Waals surface area (Å²) in [6, 6.07) is 8.66. The highest BCUT2D eigenvalue weighted by Gasteiger charge is 2.27. The molecule has 1 saturated carbocycles. The molecule has 0 bridgehead atoms. The lowest BCUT2D eigenvalue weighted by atomic mass is 10.0. The summed E-state index contributed by atoms with van der Waals surface area (Å²) in [7, 11) is 0. The summed E-state index contributed by atoms with van der Waals surface area (Å²) in [5.41, 5.74) is 4.53. The number of aromatic nitrogens is 2. The number of halogens is 1. The fourth-order valence-electron chi connectivity index (χ4n) is 2.78. The predicted molar refractivity (Wildman–Crippen MR) is 99.5 cm³/mol. The van der Waals surface area contributed by atoms with Crippen molar-refractivity contribution in [3.8, 4) is 0 Å². The molecule has 1 aromatic heterocycles. The molecule has 0 saturated heterocycles. The van der Waals surface area contributed by atoms with E-state index in [4.69, 9.17) is 0 Å². The van der Waals surface area contributed by atoms with E-state index in [1.54, 1.807) is 0 Å². The highest BCUT2D eigenvalue weighted by Crippen LogP contribution is 2.38. The summed E-state index contributed by atoms with van der Waals surface area (Å²) < 4.78 is 1.12. The quantitative estimate of drug-likeness (QED) is 0.689. The van der Waals surface area contributed by atoms with Gasteiger partial charge in [-0.1, -0.05) is 19.9 Å². The number of nitrogens with zero attached hydrogens (tertiary/aromatic N) is 3. The summed E-state index contributed by atoms with van der Waals surface area (Å²) in [6.45, 7) is 9.49. The van der Waals surface area contributed by atoms with Crippen LogP contribution in [0, 0.1) is 19.8 Å². The molecule has 2 aromatic rings. The highest BCUT2D eigenvalue weighted by molar-refractivity contribution is 9.10. The molecule has 1 aliphatic carbocycles. The van der Waals surface area contributed by atoms with Crippen LogP contribution < -0.4 is 4.90 Å². The fourth-order valence-corrected chi connectivity index (χ4v) is 3.39. The van der Waals surface area contributed by atoms with Crippen LogP contribution >= 0.6 is 15.9 Å². The van der Waals surface area contributed by atoms with Gasteiger partial charge in [-0.05, 0) is 78.2 Å². The molecule has 23 heavy (non-hydrogen) atoms. The molecule has 122 valence electrons. The van der Waals surface area contributed by atoms with Crippen LogP contribution in [0.1, 0.15) is 49.6 Å². The normalized spacial score (nSPS) is 14.3. The number of benzene rings is 1. The summed E-state index contributed by atoms with van der Waals surface area (Å²) >= 11 is 3.76. The SMILES string of the molecule is Cc1cc(C)nc(N(CC2CC2)c2ccc(C(C)C)cc2Br)n1. The molecule has 3 rings (SSSR count). The second kappa shape index (κ2) is 6.60. The Labute approximate surface area is 147 Å². The highest BCUT2D eigenvalue weighted by atomic mass is 79.9. The van der Waals surface area contributed by atoms with Gasteiger partial charge >= 0.3 is 0 Å². The molecule has 1 fully saturated rings. The average Bonchev–Trinajstić information content (AvgIpc) is 3.28. The van der Waals surface area contributed by atoms with E-state index in [2.05, 4.69) is 62.8 Å². The summed E-state index contributed by atoms with van der Waals surface area (Å²) in [5, 5.41) is 0. The molecule has 3 nitrogen and oxygen atoms in total. The lowest BCUT2D eigenvalue weighted by Crippen LogP contribution is -2.23. The standard InChI is InChI=1S/C19H24BrN3/c1-12(2)16-7-8-18(17(20)10-16)23(11-15-5-6-15)19-21-13(3)9-14(4)22-19/h7-10,12,15H,5-6,11H2,1-4H3. The van der Waals surface area contributed by atoms with Crippen molar-refractivity contribution in [2.45, 2.75) is 46.5 Å². The molecule has 0 N–H and O–H groups in total. The van der Waals surface area contributed by atoms with E-state index in [9.17, 15) is 0 Å². The van der Waals surface area contributed by atoms with Crippen molar-refractivity contribution in [3.05, 3.63) is 45.7 Å². The topological polar surface area (TPSA) is 29.0 Å². The van der Waals surface area contributed by atoms with Gasteiger partial charge in [0, 0.05) is 22.4 Å². The van der Waals surface area contributed by atoms with E-state index >= 15 is 0 Å². The van der Waals surface area contributed by atoms with Gasteiger partial charge in [0.15, 0.2) is 0 Å². The number of hydrogen-bond acceptors (Lipinski definition) is 3. The molecule has 0 spiro atoms. The maximum atomic E-state index is 4.68. The Morgan fingerprint density at radius 2 is 1.78 bits per heavy atom. The van der Waals surface area contributed by atoms with Crippen LogP contribution in [-0.4, -0.2) is 16.5 Å². The van der Waals surface area contributed by atoms with Crippen LogP contribution in [0.4, 0.5) is 11.6 Å². The van der Waals surface area contributed by atoms with Crippen molar-refractivity contribution in [2.75, 3.05) is 11.4 Å². The van der Waals surface area contributed by atoms with Gasteiger partial charge in [0.05, 0.1) is 5.69 Å². The van der Waals surface area contributed by atoms with Crippen LogP contribution in [-0.2, 0) is 0 Å². The minimum Gasteiger partial charge on any atom is -0.309 e. The van der Waals surface area contributed by atoms with Crippen molar-refractivity contribution >= 4 is 27.6 Å². The van der Waals surface area contributed by atoms with E-state index < -0.39 is 0 Å². The average molecular weight is 374 g/mol. The van der Waals surface area contributed by atoms with Gasteiger partial charge in [0.25, 0.3) is 0 Å². The maximum Gasteiger partial charge on any atom is 0.230 e. The predicted octanol–water partition coefficient (Wildman–Crippen LogP) is 5.53. The smallest absolute Gasteiger partial charge is 0.230 e. The minimum atomic E-state index is 0.523. The van der Waals surface area contributed by atoms with Crippen LogP contribution in [0.2, 0.25) is 0 Å². The molecule has 1 aromatic carbocycles. The first-order valence-corrected chi connectivity index (χ1v) is 9.12. The zero-order chi connectivity index (χ0) is 16.6. The summed E-state index contributed by atoms with van der Waals surface area (Å²) in [4.78, 5) is 11.6. The molecule has 0 aliphatic heterocycles. The van der Waals surface area contributed by atoms with Crippen LogP contribution in [0.25, 0.3) is 0 Å². The number of aryl methyl sites for hydroxylation is 2. The molecule has 0 atom stereocenters. The number of anilines is 2. The zero-order valence-electron chi connectivity index (χ0n) is 14.3. The Kier molecular flexibility index (Phi) is 4.72. The molecule has 0 unspecified atom stereocenters. The van der Waals surface area contributed by atoms with Gasteiger partial charge < -0.3 is 4.90 Å². The van der Waals surface area contributed by atoms with Crippen molar-refractivity contribution in [3.63, 3.8) is 0 Å².